The van der Waals surface area contributed by atoms with E-state index in [9.17, 15) is 9.59 Å². The number of carboxylic acids is 1. The minimum atomic E-state index is -1.01. The molecule has 0 radical (unpaired) electrons. The molecule has 0 aliphatic carbocycles. The zero-order valence-corrected chi connectivity index (χ0v) is 11.5. The Kier molecular flexibility index (Phi) is 4.74. The first-order valence-electron chi connectivity index (χ1n) is 6.79. The lowest BCUT2D eigenvalue weighted by atomic mass is 10.1. The maximum absolute atomic E-state index is 12.2. The molecule has 5 nitrogen and oxygen atoms in total. The van der Waals surface area contributed by atoms with Crippen LogP contribution < -0.4 is 0 Å². The number of carbonyl (C=O) groups is 2. The first kappa shape index (κ1) is 14.5. The van der Waals surface area contributed by atoms with Crippen molar-refractivity contribution < 1.29 is 19.4 Å². The third-order valence-electron chi connectivity index (χ3n) is 3.52. The SMILES string of the molecule is CCc1ccc(CC(=O)N2CCOC[C@@H]2C(=O)O)cc1. The van der Waals surface area contributed by atoms with Gasteiger partial charge in [0.2, 0.25) is 5.91 Å². The fourth-order valence-electron chi connectivity index (χ4n) is 2.28. The normalized spacial score (nSPS) is 18.9. The quantitative estimate of drug-likeness (QED) is 0.895. The molecule has 1 aromatic rings. The molecule has 1 aromatic carbocycles. The monoisotopic (exact) mass is 277 g/mol. The largest absolute Gasteiger partial charge is 0.480 e. The number of aliphatic carboxylic acids is 1. The first-order valence-corrected chi connectivity index (χ1v) is 6.79. The molecule has 1 fully saturated rings. The van der Waals surface area contributed by atoms with Crippen molar-refractivity contribution in [3.05, 3.63) is 35.4 Å². The molecule has 108 valence electrons. The molecule has 5 heteroatoms. The van der Waals surface area contributed by atoms with Gasteiger partial charge < -0.3 is 14.7 Å². The van der Waals surface area contributed by atoms with Crippen molar-refractivity contribution in [2.45, 2.75) is 25.8 Å². The molecule has 1 aliphatic heterocycles. The molecule has 20 heavy (non-hydrogen) atoms. The van der Waals surface area contributed by atoms with Crippen molar-refractivity contribution in [1.82, 2.24) is 4.90 Å². The summed E-state index contributed by atoms with van der Waals surface area (Å²) in [6.45, 7) is 2.87. The fraction of sp³-hybridized carbons (Fsp3) is 0.467. The summed E-state index contributed by atoms with van der Waals surface area (Å²) < 4.78 is 5.13. The first-order chi connectivity index (χ1) is 9.61. The summed E-state index contributed by atoms with van der Waals surface area (Å²) in [5.41, 5.74) is 2.12. The van der Waals surface area contributed by atoms with Gasteiger partial charge in [-0.15, -0.1) is 0 Å². The Morgan fingerprint density at radius 2 is 1.95 bits per heavy atom. The summed E-state index contributed by atoms with van der Waals surface area (Å²) in [5.74, 6) is -1.18. The van der Waals surface area contributed by atoms with Gasteiger partial charge in [-0.2, -0.15) is 0 Å². The number of hydrogen-bond acceptors (Lipinski definition) is 3. The smallest absolute Gasteiger partial charge is 0.328 e. The van der Waals surface area contributed by atoms with Gasteiger partial charge in [0.25, 0.3) is 0 Å². The molecule has 0 unspecified atom stereocenters. The van der Waals surface area contributed by atoms with Gasteiger partial charge in [0.1, 0.15) is 0 Å². The van der Waals surface area contributed by atoms with Gasteiger partial charge in [-0.1, -0.05) is 31.2 Å². The highest BCUT2D eigenvalue weighted by Crippen LogP contribution is 2.12. The van der Waals surface area contributed by atoms with Crippen molar-refractivity contribution in [2.24, 2.45) is 0 Å². The molecule has 2 rings (SSSR count). The molecular weight excluding hydrogens is 258 g/mol. The standard InChI is InChI=1S/C15H19NO4/c1-2-11-3-5-12(6-4-11)9-14(17)16-7-8-20-10-13(16)15(18)19/h3-6,13H,2,7-10H2,1H3,(H,18,19)/t13-/m1/s1. The van der Waals surface area contributed by atoms with Crippen LogP contribution in [0.3, 0.4) is 0 Å². The van der Waals surface area contributed by atoms with Crippen molar-refractivity contribution >= 4 is 11.9 Å². The lowest BCUT2D eigenvalue weighted by Crippen LogP contribution is -2.53. The highest BCUT2D eigenvalue weighted by atomic mass is 16.5. The minimum Gasteiger partial charge on any atom is -0.480 e. The van der Waals surface area contributed by atoms with Crippen molar-refractivity contribution in [3.63, 3.8) is 0 Å². The third kappa shape index (κ3) is 3.36. The predicted molar refractivity (Wildman–Crippen MR) is 73.5 cm³/mol. The zero-order valence-electron chi connectivity index (χ0n) is 11.5. The fourth-order valence-corrected chi connectivity index (χ4v) is 2.28. The molecule has 1 heterocycles. The Balaban J connectivity index is 2.03. The molecule has 1 atom stereocenters. The summed E-state index contributed by atoms with van der Waals surface area (Å²) in [7, 11) is 0. The lowest BCUT2D eigenvalue weighted by molar-refractivity contribution is -0.158. The highest BCUT2D eigenvalue weighted by molar-refractivity contribution is 5.85. The predicted octanol–water partition coefficient (Wildman–Crippen LogP) is 1.10. The Morgan fingerprint density at radius 3 is 2.55 bits per heavy atom. The Hall–Kier alpha value is -1.88. The summed E-state index contributed by atoms with van der Waals surface area (Å²) >= 11 is 0. The number of ether oxygens (including phenoxy) is 1. The van der Waals surface area contributed by atoms with Gasteiger partial charge in [-0.25, -0.2) is 4.79 Å². The summed E-state index contributed by atoms with van der Waals surface area (Å²) in [5, 5.41) is 9.12. The van der Waals surface area contributed by atoms with Gasteiger partial charge in [0, 0.05) is 6.54 Å². The molecule has 0 bridgehead atoms. The molecule has 0 spiro atoms. The van der Waals surface area contributed by atoms with E-state index in [4.69, 9.17) is 9.84 Å². The van der Waals surface area contributed by atoms with Crippen LogP contribution in [0.5, 0.6) is 0 Å². The van der Waals surface area contributed by atoms with Crippen LogP contribution in [0.2, 0.25) is 0 Å². The molecule has 1 amide bonds. The maximum atomic E-state index is 12.2. The van der Waals surface area contributed by atoms with Crippen LogP contribution in [0, 0.1) is 0 Å². The summed E-state index contributed by atoms with van der Waals surface area (Å²) in [4.78, 5) is 24.8. The number of nitrogens with zero attached hydrogens (tertiary/aromatic N) is 1. The van der Waals surface area contributed by atoms with E-state index in [-0.39, 0.29) is 18.9 Å². The number of aryl methyl sites for hydroxylation is 1. The maximum Gasteiger partial charge on any atom is 0.328 e. The number of carboxylic acid groups (broad SMARTS) is 1. The topological polar surface area (TPSA) is 66.8 Å². The lowest BCUT2D eigenvalue weighted by Gasteiger charge is -2.32. The van der Waals surface area contributed by atoms with E-state index in [2.05, 4.69) is 6.92 Å². The Labute approximate surface area is 118 Å². The number of rotatable bonds is 4. The second kappa shape index (κ2) is 6.52. The van der Waals surface area contributed by atoms with Crippen LogP contribution >= 0.6 is 0 Å². The van der Waals surface area contributed by atoms with E-state index in [1.165, 1.54) is 10.5 Å². The van der Waals surface area contributed by atoms with Crippen LogP contribution in [0.4, 0.5) is 0 Å². The van der Waals surface area contributed by atoms with Gasteiger partial charge in [0.05, 0.1) is 19.6 Å². The molecule has 1 N–H and O–H groups in total. The highest BCUT2D eigenvalue weighted by Gasteiger charge is 2.32. The van der Waals surface area contributed by atoms with E-state index >= 15 is 0 Å². The van der Waals surface area contributed by atoms with E-state index in [1.807, 2.05) is 24.3 Å². The Bertz CT molecular complexity index is 483. The zero-order chi connectivity index (χ0) is 14.5. The summed E-state index contributed by atoms with van der Waals surface area (Å²) in [6, 6.07) is 6.97. The number of hydrogen-bond donors (Lipinski definition) is 1. The average Bonchev–Trinajstić information content (AvgIpc) is 2.48. The van der Waals surface area contributed by atoms with Gasteiger partial charge >= 0.3 is 5.97 Å². The third-order valence-corrected chi connectivity index (χ3v) is 3.52. The van der Waals surface area contributed by atoms with Gasteiger partial charge in [-0.3, -0.25) is 4.79 Å². The number of benzene rings is 1. The van der Waals surface area contributed by atoms with Crippen molar-refractivity contribution in [3.8, 4) is 0 Å². The number of carbonyl (C=O) groups excluding carboxylic acids is 1. The van der Waals surface area contributed by atoms with E-state index in [0.717, 1.165) is 12.0 Å². The average molecular weight is 277 g/mol. The Morgan fingerprint density at radius 1 is 1.30 bits per heavy atom. The van der Waals surface area contributed by atoms with Gasteiger partial charge in [-0.05, 0) is 17.5 Å². The van der Waals surface area contributed by atoms with Crippen molar-refractivity contribution in [1.29, 1.82) is 0 Å². The molecular formula is C15H19NO4. The second-order valence-electron chi connectivity index (χ2n) is 4.86. The molecule has 0 saturated carbocycles. The molecule has 1 saturated heterocycles. The van der Waals surface area contributed by atoms with Crippen LogP contribution in [0.25, 0.3) is 0 Å². The number of amides is 1. The summed E-state index contributed by atoms with van der Waals surface area (Å²) in [6.07, 6.45) is 1.19. The van der Waals surface area contributed by atoms with Crippen LogP contribution in [-0.4, -0.2) is 47.7 Å². The molecule has 0 aromatic heterocycles. The second-order valence-corrected chi connectivity index (χ2v) is 4.86. The minimum absolute atomic E-state index is 0.0653. The van der Waals surface area contributed by atoms with Crippen LogP contribution in [-0.2, 0) is 27.2 Å². The number of morpholine rings is 1. The van der Waals surface area contributed by atoms with Crippen molar-refractivity contribution in [2.75, 3.05) is 19.8 Å². The van der Waals surface area contributed by atoms with E-state index < -0.39 is 12.0 Å². The van der Waals surface area contributed by atoms with Gasteiger partial charge in [0.15, 0.2) is 6.04 Å². The van der Waals surface area contributed by atoms with Crippen LogP contribution in [0.1, 0.15) is 18.1 Å². The van der Waals surface area contributed by atoms with Crippen LogP contribution in [0.15, 0.2) is 24.3 Å². The van der Waals surface area contributed by atoms with E-state index in [0.29, 0.717) is 13.2 Å². The van der Waals surface area contributed by atoms with E-state index in [1.54, 1.807) is 0 Å². The molecule has 1 aliphatic rings.